The molecule has 11 N–H and O–H groups in total. The van der Waals surface area contributed by atoms with Crippen LogP contribution < -0.4 is 16.4 Å². The Hall–Kier alpha value is -3.68. The van der Waals surface area contributed by atoms with E-state index in [1.165, 1.54) is 32.1 Å². The van der Waals surface area contributed by atoms with Gasteiger partial charge < -0.3 is 56.0 Å². The van der Waals surface area contributed by atoms with Gasteiger partial charge in [0.05, 0.1) is 19.5 Å². The zero-order valence-corrected chi connectivity index (χ0v) is 34.5. The monoisotopic (exact) mass is 913 g/mol. The summed E-state index contributed by atoms with van der Waals surface area (Å²) in [7, 11) is -16.4. The van der Waals surface area contributed by atoms with Crippen LogP contribution >= 0.6 is 35.2 Å². The number of nitrogens with zero attached hydrogens (tertiary/aromatic N) is 4. The zero-order chi connectivity index (χ0) is 43.8. The van der Waals surface area contributed by atoms with E-state index < -0.39 is 84.6 Å². The molecule has 1 aliphatic heterocycles. The number of aromatic nitrogens is 4. The Balaban J connectivity index is 1.20. The number of ether oxygens (including phenoxy) is 1. The molecular weight excluding hydrogens is 871 g/mol. The Morgan fingerprint density at radius 2 is 1.71 bits per heavy atom. The molecule has 0 saturated carbocycles. The maximum Gasteiger partial charge on any atom is 0.481 e. The summed E-state index contributed by atoms with van der Waals surface area (Å²) in [5.74, 6) is -1.17. The molecule has 59 heavy (non-hydrogen) atoms. The van der Waals surface area contributed by atoms with Gasteiger partial charge in [-0.25, -0.2) is 28.6 Å². The van der Waals surface area contributed by atoms with Crippen molar-refractivity contribution >= 4 is 75.2 Å². The molecule has 0 spiro atoms. The van der Waals surface area contributed by atoms with Crippen LogP contribution in [-0.4, -0.2) is 128 Å². The number of carbonyl (C=O) groups is 3. The summed E-state index contributed by atoms with van der Waals surface area (Å²) < 4.78 is 62.1. The Labute approximate surface area is 338 Å². The van der Waals surface area contributed by atoms with Gasteiger partial charge in [-0.2, -0.15) is 4.31 Å². The number of aliphatic hydroxyl groups is 2. The fourth-order valence-electron chi connectivity index (χ4n) is 5.08. The molecule has 1 fully saturated rings. The molecule has 1 saturated heterocycles. The number of aliphatic hydroxyl groups excluding tert-OH is 2. The summed E-state index contributed by atoms with van der Waals surface area (Å²) >= 11 is 0.956. The minimum absolute atomic E-state index is 0.0243. The third-order valence-corrected chi connectivity index (χ3v) is 12.0. The number of fused-ring (bicyclic) bond motifs is 1. The highest BCUT2D eigenvalue weighted by Crippen LogP contribution is 2.61. The average Bonchev–Trinajstić information content (AvgIpc) is 3.71. The van der Waals surface area contributed by atoms with Crippen molar-refractivity contribution in [2.24, 2.45) is 5.41 Å². The second kappa shape index (κ2) is 20.3. The minimum Gasteiger partial charge on any atom is -0.508 e. The van der Waals surface area contributed by atoms with Crippen molar-refractivity contribution in [1.82, 2.24) is 30.2 Å². The molecule has 326 valence electrons. The minimum atomic E-state index is -5.58. The molecular formula is C30H42N7O18P3S. The summed E-state index contributed by atoms with van der Waals surface area (Å²) in [6.07, 6.45) is -4.10. The SMILES string of the molecule is CC(C)(COP(=O)(O)OP(=O)(O)OC[C@H]1O[C@@H](n2cnc3c(N)ncnc32)C(O)[C@H]1OP(=O)(O)O)[C@H](O)C(=O)NCCC(=O)NCCSC(=O)/C=C/c1ccc(O)cc1. The maximum absolute atomic E-state index is 12.7. The standard InChI is InChI=1S/C30H42N7O18P3S/c1-30(2,25(42)28(43)33-10-9-20(39)32-11-12-59-21(40)8-5-17-3-6-18(38)7-4-17)14-52-58(49,50)55-57(47,48)51-13-19-24(54-56(44,45)46)23(41)29(53-19)37-16-36-22-26(31)34-15-35-27(22)37/h3-8,15-16,19,23-25,29,38,41-42H,9-14H2,1-2H3,(H,32,39)(H,33,43)(H,47,48)(H,49,50)(H2,31,34,35)(H2,44,45,46)/b8-5+/t19-,23?,24+,25-,29-/m1/s1. The van der Waals surface area contributed by atoms with Crippen LogP contribution in [0.25, 0.3) is 17.2 Å². The lowest BCUT2D eigenvalue weighted by atomic mass is 9.87. The molecule has 7 atom stereocenters. The number of phenols is 1. The van der Waals surface area contributed by atoms with E-state index in [1.807, 2.05) is 0 Å². The number of thioether (sulfide) groups is 1. The molecule has 0 bridgehead atoms. The molecule has 1 aliphatic rings. The smallest absolute Gasteiger partial charge is 0.481 e. The molecule has 3 unspecified atom stereocenters. The van der Waals surface area contributed by atoms with Gasteiger partial charge in [0.15, 0.2) is 17.7 Å². The molecule has 1 aromatic carbocycles. The number of nitrogens with two attached hydrogens (primary N) is 1. The number of rotatable bonds is 21. The molecule has 0 aliphatic carbocycles. The van der Waals surface area contributed by atoms with Crippen molar-refractivity contribution < 1.29 is 85.6 Å². The van der Waals surface area contributed by atoms with E-state index in [0.717, 1.165) is 29.0 Å². The van der Waals surface area contributed by atoms with Gasteiger partial charge in [0.1, 0.15) is 42.0 Å². The van der Waals surface area contributed by atoms with Crippen LogP contribution in [0.4, 0.5) is 5.82 Å². The molecule has 4 rings (SSSR count). The number of phenolic OH excluding ortho intramolecular Hbond substituents is 1. The van der Waals surface area contributed by atoms with E-state index in [1.54, 1.807) is 18.2 Å². The highest BCUT2D eigenvalue weighted by Gasteiger charge is 2.50. The van der Waals surface area contributed by atoms with Gasteiger partial charge in [-0.05, 0) is 23.8 Å². The molecule has 3 aromatic rings. The summed E-state index contributed by atoms with van der Waals surface area (Å²) in [5.41, 5.74) is 4.94. The molecule has 29 heteroatoms. The van der Waals surface area contributed by atoms with Crippen molar-refractivity contribution in [2.45, 2.75) is 50.9 Å². The van der Waals surface area contributed by atoms with Gasteiger partial charge in [0.2, 0.25) is 16.9 Å². The van der Waals surface area contributed by atoms with Crippen LogP contribution in [0, 0.1) is 5.41 Å². The highest BCUT2D eigenvalue weighted by molar-refractivity contribution is 8.14. The van der Waals surface area contributed by atoms with Crippen molar-refractivity contribution in [3.63, 3.8) is 0 Å². The van der Waals surface area contributed by atoms with E-state index in [-0.39, 0.29) is 53.1 Å². The number of aromatic hydroxyl groups is 1. The Bertz CT molecular complexity index is 2140. The number of nitrogens with one attached hydrogen (secondary N) is 2. The predicted molar refractivity (Wildman–Crippen MR) is 204 cm³/mol. The Morgan fingerprint density at radius 1 is 1.03 bits per heavy atom. The van der Waals surface area contributed by atoms with E-state index in [4.69, 9.17) is 19.5 Å². The lowest BCUT2D eigenvalue weighted by Gasteiger charge is -2.30. The molecule has 3 heterocycles. The summed E-state index contributed by atoms with van der Waals surface area (Å²) in [5, 5.41) is 35.4. The van der Waals surface area contributed by atoms with Crippen LogP contribution in [0.3, 0.4) is 0 Å². The second-order valence-electron chi connectivity index (χ2n) is 13.2. The number of amides is 2. The van der Waals surface area contributed by atoms with Crippen molar-refractivity contribution in [2.75, 3.05) is 37.8 Å². The van der Waals surface area contributed by atoms with Gasteiger partial charge in [0, 0.05) is 30.7 Å². The number of carbonyl (C=O) groups excluding carboxylic acids is 3. The number of imidazole rings is 1. The number of nitrogen functional groups attached to an aromatic ring is 1. The number of phosphoric ester groups is 3. The fourth-order valence-corrected chi connectivity index (χ4v) is 8.48. The number of hydrogen-bond acceptors (Lipinski definition) is 19. The average molecular weight is 914 g/mol. The lowest BCUT2D eigenvalue weighted by Crippen LogP contribution is -2.46. The summed E-state index contributed by atoms with van der Waals surface area (Å²) in [6.45, 7) is 0.345. The van der Waals surface area contributed by atoms with Crippen LogP contribution in [-0.2, 0) is 50.7 Å². The molecule has 2 aromatic heterocycles. The first-order valence-electron chi connectivity index (χ1n) is 17.0. The lowest BCUT2D eigenvalue weighted by molar-refractivity contribution is -0.137. The number of phosphoric acid groups is 3. The third kappa shape index (κ3) is 14.5. The van der Waals surface area contributed by atoms with Crippen LogP contribution in [0.1, 0.15) is 32.1 Å². The van der Waals surface area contributed by atoms with Gasteiger partial charge in [0.25, 0.3) is 0 Å². The van der Waals surface area contributed by atoms with Crippen LogP contribution in [0.2, 0.25) is 0 Å². The first-order chi connectivity index (χ1) is 27.5. The second-order valence-corrected chi connectivity index (χ2v) is 18.5. The third-order valence-electron chi connectivity index (χ3n) is 8.05. The molecule has 25 nitrogen and oxygen atoms in total. The molecule has 0 radical (unpaired) electrons. The number of benzene rings is 1. The van der Waals surface area contributed by atoms with E-state index >= 15 is 0 Å². The van der Waals surface area contributed by atoms with Crippen LogP contribution in [0.5, 0.6) is 5.75 Å². The normalized spacial score (nSPS) is 21.2. The fraction of sp³-hybridized carbons (Fsp3) is 0.467. The van der Waals surface area contributed by atoms with E-state index in [2.05, 4.69) is 34.4 Å². The van der Waals surface area contributed by atoms with Gasteiger partial charge in [-0.15, -0.1) is 0 Å². The van der Waals surface area contributed by atoms with Gasteiger partial charge in [-0.1, -0.05) is 43.8 Å². The van der Waals surface area contributed by atoms with Gasteiger partial charge in [-0.3, -0.25) is 32.5 Å². The van der Waals surface area contributed by atoms with Crippen molar-refractivity contribution in [3.05, 3.63) is 48.6 Å². The van der Waals surface area contributed by atoms with E-state index in [9.17, 15) is 63.0 Å². The number of hydrogen-bond donors (Lipinski definition) is 10. The topological polar surface area (TPSA) is 384 Å². The largest absolute Gasteiger partial charge is 0.508 e. The first-order valence-corrected chi connectivity index (χ1v) is 22.5. The molecule has 2 amide bonds. The quantitative estimate of drug-likeness (QED) is 0.0384. The maximum atomic E-state index is 12.7. The summed E-state index contributed by atoms with van der Waals surface area (Å²) in [6, 6.07) is 6.21. The zero-order valence-electron chi connectivity index (χ0n) is 31.0. The van der Waals surface area contributed by atoms with Gasteiger partial charge >= 0.3 is 23.5 Å². The highest BCUT2D eigenvalue weighted by atomic mass is 32.2. The van der Waals surface area contributed by atoms with Crippen molar-refractivity contribution in [3.8, 4) is 5.75 Å². The van der Waals surface area contributed by atoms with E-state index in [0.29, 0.717) is 5.56 Å². The van der Waals surface area contributed by atoms with Crippen molar-refractivity contribution in [1.29, 1.82) is 0 Å². The Morgan fingerprint density at radius 3 is 2.39 bits per heavy atom. The number of anilines is 1. The predicted octanol–water partition coefficient (Wildman–Crippen LogP) is 0.0837. The Kier molecular flexibility index (Phi) is 16.5. The summed E-state index contributed by atoms with van der Waals surface area (Å²) in [4.78, 5) is 87.7. The van der Waals surface area contributed by atoms with Crippen LogP contribution in [0.15, 0.2) is 43.0 Å². The first kappa shape index (κ1) is 48.0.